The van der Waals surface area contributed by atoms with E-state index in [9.17, 15) is 0 Å². The topological polar surface area (TPSA) is 15.3 Å². The van der Waals surface area contributed by atoms with Gasteiger partial charge in [-0.15, -0.1) is 0 Å². The standard InChI is InChI=1S/C20H38N2/c1-3-8-19(9-4-2)10-12-20(13-11-19)14-15-21-18(20)22-16-6-5-7-17-22/h18,21H,3-17H2,1-2H3. The van der Waals surface area contributed by atoms with Crippen molar-refractivity contribution in [3.63, 3.8) is 0 Å². The predicted molar refractivity (Wildman–Crippen MR) is 95.0 cm³/mol. The number of nitrogens with one attached hydrogen (secondary N) is 1. The Bertz CT molecular complexity index is 330. The van der Waals surface area contributed by atoms with Crippen molar-refractivity contribution in [2.75, 3.05) is 19.6 Å². The molecule has 3 rings (SSSR count). The van der Waals surface area contributed by atoms with Crippen LogP contribution in [0.15, 0.2) is 0 Å². The first-order chi connectivity index (χ1) is 10.7. The molecule has 1 aliphatic carbocycles. The van der Waals surface area contributed by atoms with Crippen LogP contribution in [0.2, 0.25) is 0 Å². The van der Waals surface area contributed by atoms with E-state index >= 15 is 0 Å². The second kappa shape index (κ2) is 7.21. The van der Waals surface area contributed by atoms with E-state index in [0.29, 0.717) is 17.0 Å². The fourth-order valence-electron chi connectivity index (χ4n) is 5.99. The summed E-state index contributed by atoms with van der Waals surface area (Å²) in [4.78, 5) is 2.81. The van der Waals surface area contributed by atoms with E-state index in [-0.39, 0.29) is 0 Å². The van der Waals surface area contributed by atoms with E-state index in [2.05, 4.69) is 24.1 Å². The highest BCUT2D eigenvalue weighted by Crippen LogP contribution is 2.54. The molecule has 1 spiro atoms. The number of rotatable bonds is 5. The largest absolute Gasteiger partial charge is 0.301 e. The first kappa shape index (κ1) is 16.8. The molecule has 1 atom stereocenters. The highest BCUT2D eigenvalue weighted by molar-refractivity contribution is 5.02. The van der Waals surface area contributed by atoms with Gasteiger partial charge in [-0.05, 0) is 82.8 Å². The van der Waals surface area contributed by atoms with Crippen molar-refractivity contribution >= 4 is 0 Å². The normalized spacial score (nSPS) is 31.6. The number of nitrogens with zero attached hydrogens (tertiary/aromatic N) is 1. The van der Waals surface area contributed by atoms with E-state index in [1.807, 2.05) is 0 Å². The van der Waals surface area contributed by atoms with Gasteiger partial charge in [0.25, 0.3) is 0 Å². The van der Waals surface area contributed by atoms with Gasteiger partial charge in [0.2, 0.25) is 0 Å². The second-order valence-electron chi connectivity index (χ2n) is 8.57. The van der Waals surface area contributed by atoms with Crippen molar-refractivity contribution in [3.05, 3.63) is 0 Å². The smallest absolute Gasteiger partial charge is 0.0655 e. The van der Waals surface area contributed by atoms with Crippen molar-refractivity contribution in [1.29, 1.82) is 0 Å². The van der Waals surface area contributed by atoms with Gasteiger partial charge in [-0.2, -0.15) is 0 Å². The molecule has 2 saturated heterocycles. The van der Waals surface area contributed by atoms with Gasteiger partial charge in [0.15, 0.2) is 0 Å². The maximum Gasteiger partial charge on any atom is 0.0655 e. The maximum absolute atomic E-state index is 3.90. The first-order valence-corrected chi connectivity index (χ1v) is 10.2. The van der Waals surface area contributed by atoms with Crippen LogP contribution in [0.3, 0.4) is 0 Å². The highest BCUT2D eigenvalue weighted by Gasteiger charge is 2.50. The summed E-state index contributed by atoms with van der Waals surface area (Å²) in [6.07, 6.45) is 18.1. The molecule has 0 bridgehead atoms. The molecule has 3 aliphatic rings. The summed E-state index contributed by atoms with van der Waals surface area (Å²) in [5.74, 6) is 0. The van der Waals surface area contributed by atoms with Crippen molar-refractivity contribution in [2.45, 2.75) is 97.1 Å². The predicted octanol–water partition coefficient (Wildman–Crippen LogP) is 4.94. The average Bonchev–Trinajstić information content (AvgIpc) is 2.96. The monoisotopic (exact) mass is 306 g/mol. The van der Waals surface area contributed by atoms with Crippen LogP contribution < -0.4 is 5.32 Å². The SMILES string of the molecule is CCCC1(CCC)CCC2(CCNC2N2CCCCC2)CC1. The summed E-state index contributed by atoms with van der Waals surface area (Å²) in [5, 5.41) is 3.90. The quantitative estimate of drug-likeness (QED) is 0.774. The lowest BCUT2D eigenvalue weighted by atomic mass is 9.59. The molecule has 22 heavy (non-hydrogen) atoms. The van der Waals surface area contributed by atoms with Gasteiger partial charge >= 0.3 is 0 Å². The third kappa shape index (κ3) is 3.24. The molecular formula is C20H38N2. The number of likely N-dealkylation sites (tertiary alicyclic amines) is 1. The van der Waals surface area contributed by atoms with Crippen LogP contribution in [0.5, 0.6) is 0 Å². The van der Waals surface area contributed by atoms with Crippen molar-refractivity contribution in [1.82, 2.24) is 10.2 Å². The van der Waals surface area contributed by atoms with E-state index in [4.69, 9.17) is 0 Å². The minimum absolute atomic E-state index is 0.613. The van der Waals surface area contributed by atoms with Crippen LogP contribution in [0.4, 0.5) is 0 Å². The van der Waals surface area contributed by atoms with Crippen LogP contribution in [0, 0.1) is 10.8 Å². The summed E-state index contributed by atoms with van der Waals surface area (Å²) in [6, 6.07) is 0. The Morgan fingerprint density at radius 2 is 1.50 bits per heavy atom. The van der Waals surface area contributed by atoms with Crippen LogP contribution in [0.25, 0.3) is 0 Å². The molecule has 128 valence electrons. The summed E-state index contributed by atoms with van der Waals surface area (Å²) in [7, 11) is 0. The number of piperidine rings is 1. The van der Waals surface area contributed by atoms with E-state index in [0.717, 1.165) is 0 Å². The third-order valence-corrected chi connectivity index (χ3v) is 7.16. The van der Waals surface area contributed by atoms with Crippen LogP contribution in [0.1, 0.15) is 90.9 Å². The zero-order valence-electron chi connectivity index (χ0n) is 15.1. The third-order valence-electron chi connectivity index (χ3n) is 7.16. The molecule has 0 aromatic rings. The molecule has 1 unspecified atom stereocenters. The molecule has 0 amide bonds. The Balaban J connectivity index is 1.66. The number of hydrogen-bond acceptors (Lipinski definition) is 2. The molecule has 2 aliphatic heterocycles. The lowest BCUT2D eigenvalue weighted by Crippen LogP contribution is -2.54. The van der Waals surface area contributed by atoms with Gasteiger partial charge in [0.05, 0.1) is 6.17 Å². The highest BCUT2D eigenvalue weighted by atomic mass is 15.3. The van der Waals surface area contributed by atoms with Crippen LogP contribution in [-0.4, -0.2) is 30.7 Å². The van der Waals surface area contributed by atoms with E-state index < -0.39 is 0 Å². The Kier molecular flexibility index (Phi) is 5.50. The Morgan fingerprint density at radius 1 is 0.864 bits per heavy atom. The molecule has 2 nitrogen and oxygen atoms in total. The maximum atomic E-state index is 3.90. The molecule has 0 aromatic heterocycles. The van der Waals surface area contributed by atoms with Crippen LogP contribution >= 0.6 is 0 Å². The molecule has 2 heteroatoms. The molecule has 1 saturated carbocycles. The van der Waals surface area contributed by atoms with Gasteiger partial charge in [-0.3, -0.25) is 4.90 Å². The number of hydrogen-bond donors (Lipinski definition) is 1. The van der Waals surface area contributed by atoms with Gasteiger partial charge in [-0.1, -0.05) is 33.1 Å². The van der Waals surface area contributed by atoms with Gasteiger partial charge in [0.1, 0.15) is 0 Å². The van der Waals surface area contributed by atoms with Crippen LogP contribution in [-0.2, 0) is 0 Å². The lowest BCUT2D eigenvalue weighted by Gasteiger charge is -2.50. The Morgan fingerprint density at radius 3 is 2.09 bits per heavy atom. The summed E-state index contributed by atoms with van der Waals surface area (Å²) in [6.45, 7) is 8.71. The van der Waals surface area contributed by atoms with Gasteiger partial charge < -0.3 is 5.32 Å². The molecule has 0 radical (unpaired) electrons. The molecule has 1 N–H and O–H groups in total. The fourth-order valence-corrected chi connectivity index (χ4v) is 5.99. The summed E-state index contributed by atoms with van der Waals surface area (Å²) in [5.41, 5.74) is 1.31. The van der Waals surface area contributed by atoms with Crippen molar-refractivity contribution in [2.24, 2.45) is 10.8 Å². The molecule has 0 aromatic carbocycles. The lowest BCUT2D eigenvalue weighted by molar-refractivity contribution is -0.00878. The van der Waals surface area contributed by atoms with Gasteiger partial charge in [-0.25, -0.2) is 0 Å². The zero-order chi connectivity index (χ0) is 15.5. The minimum atomic E-state index is 0.613. The van der Waals surface area contributed by atoms with E-state index in [1.165, 1.54) is 96.7 Å². The zero-order valence-corrected chi connectivity index (χ0v) is 15.1. The average molecular weight is 307 g/mol. The first-order valence-electron chi connectivity index (χ1n) is 10.2. The van der Waals surface area contributed by atoms with Crippen molar-refractivity contribution < 1.29 is 0 Å². The van der Waals surface area contributed by atoms with Crippen molar-refractivity contribution in [3.8, 4) is 0 Å². The van der Waals surface area contributed by atoms with Gasteiger partial charge in [0, 0.05) is 5.41 Å². The summed E-state index contributed by atoms with van der Waals surface area (Å²) >= 11 is 0. The molecule has 2 heterocycles. The minimum Gasteiger partial charge on any atom is -0.301 e. The van der Waals surface area contributed by atoms with E-state index in [1.54, 1.807) is 0 Å². The fraction of sp³-hybridized carbons (Fsp3) is 1.00. The molecule has 3 fully saturated rings. The Hall–Kier alpha value is -0.0800. The molecular weight excluding hydrogens is 268 g/mol. The summed E-state index contributed by atoms with van der Waals surface area (Å²) < 4.78 is 0. The Labute approximate surface area is 138 Å². The second-order valence-corrected chi connectivity index (χ2v) is 8.57.